The van der Waals surface area contributed by atoms with E-state index in [1.807, 2.05) is 18.3 Å². The van der Waals surface area contributed by atoms with Gasteiger partial charge in [0.15, 0.2) is 0 Å². The molecule has 0 radical (unpaired) electrons. The van der Waals surface area contributed by atoms with Crippen molar-refractivity contribution in [1.82, 2.24) is 10.2 Å². The van der Waals surface area contributed by atoms with Gasteiger partial charge in [0.2, 0.25) is 0 Å². The second-order valence-electron chi connectivity index (χ2n) is 5.68. The summed E-state index contributed by atoms with van der Waals surface area (Å²) in [4.78, 5) is 0. The van der Waals surface area contributed by atoms with Crippen LogP contribution in [0.3, 0.4) is 0 Å². The van der Waals surface area contributed by atoms with Crippen LogP contribution in [0.4, 0.5) is 4.39 Å². The van der Waals surface area contributed by atoms with Gasteiger partial charge in [0.1, 0.15) is 5.82 Å². The summed E-state index contributed by atoms with van der Waals surface area (Å²) in [6.07, 6.45) is 6.30. The van der Waals surface area contributed by atoms with Crippen LogP contribution in [0.25, 0.3) is 22.6 Å². The maximum absolute atomic E-state index is 13.3. The smallest absolute Gasteiger partial charge is 0.124 e. The molecule has 1 aliphatic carbocycles. The van der Waals surface area contributed by atoms with Crippen molar-refractivity contribution in [2.45, 2.75) is 12.8 Å². The molecule has 4 heteroatoms. The molecule has 0 aliphatic heterocycles. The van der Waals surface area contributed by atoms with E-state index in [4.69, 9.17) is 11.6 Å². The maximum atomic E-state index is 13.3. The lowest BCUT2D eigenvalue weighted by Gasteiger charge is -2.10. The number of benzene rings is 2. The van der Waals surface area contributed by atoms with Gasteiger partial charge in [-0.15, -0.1) is 0 Å². The first-order valence-electron chi connectivity index (χ1n) is 7.31. The van der Waals surface area contributed by atoms with Gasteiger partial charge in [-0.2, -0.15) is 5.10 Å². The van der Waals surface area contributed by atoms with Crippen LogP contribution >= 0.6 is 11.6 Å². The monoisotopic (exact) mass is 312 g/mol. The maximum Gasteiger partial charge on any atom is 0.124 e. The van der Waals surface area contributed by atoms with E-state index in [2.05, 4.69) is 22.3 Å². The minimum absolute atomic E-state index is 0.305. The quantitative estimate of drug-likeness (QED) is 0.653. The molecule has 2 nitrogen and oxygen atoms in total. The van der Waals surface area contributed by atoms with Crippen LogP contribution in [0.15, 0.2) is 42.6 Å². The molecule has 3 aromatic rings. The van der Waals surface area contributed by atoms with Crippen molar-refractivity contribution in [3.8, 4) is 0 Å². The van der Waals surface area contributed by atoms with Crippen LogP contribution in [0.5, 0.6) is 0 Å². The zero-order chi connectivity index (χ0) is 15.1. The summed E-state index contributed by atoms with van der Waals surface area (Å²) in [5.41, 5.74) is 4.22. The highest BCUT2D eigenvalue weighted by atomic mass is 35.5. The van der Waals surface area contributed by atoms with E-state index in [-0.39, 0.29) is 5.82 Å². The number of hydrogen-bond donors (Lipinski definition) is 1. The minimum Gasteiger partial charge on any atom is -0.278 e. The zero-order valence-corrected chi connectivity index (χ0v) is 12.6. The number of aromatic amines is 1. The van der Waals surface area contributed by atoms with Crippen molar-refractivity contribution in [3.63, 3.8) is 0 Å². The fraction of sp³-hybridized carbons (Fsp3) is 0.167. The molecule has 0 saturated heterocycles. The Balaban J connectivity index is 1.87. The van der Waals surface area contributed by atoms with Crippen molar-refractivity contribution in [1.29, 1.82) is 0 Å². The zero-order valence-electron chi connectivity index (χ0n) is 11.8. The molecule has 0 unspecified atom stereocenters. The average Bonchev–Trinajstić information content (AvgIpc) is 3.22. The Hall–Kier alpha value is -2.13. The van der Waals surface area contributed by atoms with E-state index in [1.54, 1.807) is 6.07 Å². The molecule has 1 aliphatic rings. The van der Waals surface area contributed by atoms with Crippen LogP contribution in [0, 0.1) is 11.7 Å². The molecule has 1 saturated carbocycles. The third kappa shape index (κ3) is 2.42. The van der Waals surface area contributed by atoms with Gasteiger partial charge in [0.25, 0.3) is 0 Å². The van der Waals surface area contributed by atoms with Gasteiger partial charge < -0.3 is 0 Å². The van der Waals surface area contributed by atoms with E-state index < -0.39 is 0 Å². The minimum atomic E-state index is -0.305. The highest BCUT2D eigenvalue weighted by Gasteiger charge is 2.28. The Morgan fingerprint density at radius 1 is 1.27 bits per heavy atom. The molecule has 0 bridgehead atoms. The molecule has 0 amide bonds. The number of nitrogens with zero attached hydrogens (tertiary/aromatic N) is 1. The summed E-state index contributed by atoms with van der Waals surface area (Å²) in [5, 5.41) is 8.64. The number of nitrogens with one attached hydrogen (secondary N) is 1. The molecule has 110 valence electrons. The second kappa shape index (κ2) is 5.25. The highest BCUT2D eigenvalue weighted by molar-refractivity contribution is 6.32. The molecule has 0 atom stereocenters. The molecule has 0 spiro atoms. The molecule has 1 fully saturated rings. The first kappa shape index (κ1) is 13.5. The van der Waals surface area contributed by atoms with E-state index in [1.165, 1.54) is 17.7 Å². The lowest BCUT2D eigenvalue weighted by atomic mass is 9.97. The molecular weight excluding hydrogens is 299 g/mol. The summed E-state index contributed by atoms with van der Waals surface area (Å²) in [6.45, 7) is 0. The number of allylic oxidation sites excluding steroid dienone is 1. The first-order chi connectivity index (χ1) is 10.7. The van der Waals surface area contributed by atoms with E-state index in [0.717, 1.165) is 34.9 Å². The lowest BCUT2D eigenvalue weighted by Crippen LogP contribution is -1.90. The number of H-pyrrole nitrogens is 1. The van der Waals surface area contributed by atoms with Gasteiger partial charge in [0, 0.05) is 5.39 Å². The van der Waals surface area contributed by atoms with E-state index >= 15 is 0 Å². The van der Waals surface area contributed by atoms with Gasteiger partial charge in [-0.3, -0.25) is 5.10 Å². The van der Waals surface area contributed by atoms with Crippen LogP contribution in [0.2, 0.25) is 5.02 Å². The Kier molecular flexibility index (Phi) is 3.23. The largest absolute Gasteiger partial charge is 0.278 e. The molecular formula is C18H14ClFN2. The third-order valence-corrected chi connectivity index (χ3v) is 4.40. The van der Waals surface area contributed by atoms with Gasteiger partial charge in [-0.25, -0.2) is 4.39 Å². The first-order valence-corrected chi connectivity index (χ1v) is 7.69. The summed E-state index contributed by atoms with van der Waals surface area (Å²) < 4.78 is 13.3. The predicted octanol–water partition coefficient (Wildman–Crippen LogP) is 5.31. The SMILES string of the molecule is Fc1ccc(/C(=C/c2cccc3[nH]ncc23)C2CC2)c(Cl)c1. The van der Waals surface area contributed by atoms with Crippen molar-refractivity contribution in [2.24, 2.45) is 5.92 Å². The topological polar surface area (TPSA) is 28.7 Å². The second-order valence-corrected chi connectivity index (χ2v) is 6.08. The third-order valence-electron chi connectivity index (χ3n) is 4.09. The molecule has 1 N–H and O–H groups in total. The van der Waals surface area contributed by atoms with Crippen molar-refractivity contribution in [2.75, 3.05) is 0 Å². The summed E-state index contributed by atoms with van der Waals surface area (Å²) in [5.74, 6) is 0.200. The van der Waals surface area contributed by atoms with Crippen LogP contribution in [-0.4, -0.2) is 10.2 Å². The summed E-state index contributed by atoms with van der Waals surface area (Å²) in [7, 11) is 0. The van der Waals surface area contributed by atoms with Crippen LogP contribution in [0.1, 0.15) is 24.0 Å². The Bertz CT molecular complexity index is 878. The van der Waals surface area contributed by atoms with Gasteiger partial charge in [-0.1, -0.05) is 35.9 Å². The Labute approximate surface area is 132 Å². The van der Waals surface area contributed by atoms with Crippen LogP contribution in [-0.2, 0) is 0 Å². The number of fused-ring (bicyclic) bond motifs is 1. The average molecular weight is 313 g/mol. The van der Waals surface area contributed by atoms with Crippen molar-refractivity contribution >= 4 is 34.2 Å². The van der Waals surface area contributed by atoms with Crippen molar-refractivity contribution in [3.05, 3.63) is 64.6 Å². The van der Waals surface area contributed by atoms with Crippen molar-refractivity contribution < 1.29 is 4.39 Å². The van der Waals surface area contributed by atoms with Gasteiger partial charge >= 0.3 is 0 Å². The lowest BCUT2D eigenvalue weighted by molar-refractivity contribution is 0.627. The fourth-order valence-electron chi connectivity index (χ4n) is 2.82. The summed E-state index contributed by atoms with van der Waals surface area (Å²) >= 11 is 6.26. The molecule has 22 heavy (non-hydrogen) atoms. The number of hydrogen-bond acceptors (Lipinski definition) is 1. The number of halogens is 2. The Morgan fingerprint density at radius 3 is 2.91 bits per heavy atom. The Morgan fingerprint density at radius 2 is 2.14 bits per heavy atom. The molecule has 2 aromatic carbocycles. The standard InChI is InChI=1S/C18H14ClFN2/c19-17-9-13(20)6-7-14(17)15(11-4-5-11)8-12-2-1-3-18-16(12)10-21-22-18/h1-3,6-11H,4-5H2,(H,21,22)/b15-8+. The van der Waals surface area contributed by atoms with E-state index in [0.29, 0.717) is 10.9 Å². The fourth-order valence-corrected chi connectivity index (χ4v) is 3.09. The number of rotatable bonds is 3. The van der Waals surface area contributed by atoms with Crippen LogP contribution < -0.4 is 0 Å². The number of aromatic nitrogens is 2. The van der Waals surface area contributed by atoms with Gasteiger partial charge in [0.05, 0.1) is 16.7 Å². The van der Waals surface area contributed by atoms with Gasteiger partial charge in [-0.05, 0) is 53.7 Å². The molecule has 1 heterocycles. The van der Waals surface area contributed by atoms with E-state index in [9.17, 15) is 4.39 Å². The molecule has 4 rings (SSSR count). The normalized spacial score (nSPS) is 15.5. The predicted molar refractivity (Wildman–Crippen MR) is 88.1 cm³/mol. The molecule has 1 aromatic heterocycles. The summed E-state index contributed by atoms with van der Waals surface area (Å²) in [6, 6.07) is 10.7. The highest BCUT2D eigenvalue weighted by Crippen LogP contribution is 2.45.